The van der Waals surface area contributed by atoms with Gasteiger partial charge in [0.15, 0.2) is 6.10 Å². The number of morpholine rings is 1. The van der Waals surface area contributed by atoms with Crippen molar-refractivity contribution in [3.05, 3.63) is 48.0 Å². The largest absolute Gasteiger partial charge is 0.495 e. The Balaban J connectivity index is 1.79. The molecule has 3 rings (SSSR count). The van der Waals surface area contributed by atoms with E-state index < -0.39 is 22.0 Å². The van der Waals surface area contributed by atoms with Crippen LogP contribution in [-0.2, 0) is 26.0 Å². The van der Waals surface area contributed by atoms with Crippen LogP contribution in [0.15, 0.2) is 47.4 Å². The average molecular weight is 449 g/mol. The van der Waals surface area contributed by atoms with E-state index >= 15 is 0 Å². The van der Waals surface area contributed by atoms with Crippen LogP contribution in [0.3, 0.4) is 0 Å². The number of carbonyl (C=O) groups excluding carboxylic acids is 1. The molecule has 2 aromatic carbocycles. The number of methoxy groups -OCH3 is 1. The molecule has 0 bridgehead atoms. The summed E-state index contributed by atoms with van der Waals surface area (Å²) in [4.78, 5) is 12.9. The number of anilines is 1. The van der Waals surface area contributed by atoms with Gasteiger partial charge in [0.25, 0.3) is 5.91 Å². The second kappa shape index (κ2) is 10.1. The van der Waals surface area contributed by atoms with Crippen molar-refractivity contribution in [2.24, 2.45) is 0 Å². The second-order valence-corrected chi connectivity index (χ2v) is 9.03. The van der Waals surface area contributed by atoms with Gasteiger partial charge in [-0.15, -0.1) is 0 Å². The zero-order chi connectivity index (χ0) is 22.4. The zero-order valence-electron chi connectivity index (χ0n) is 18.0. The van der Waals surface area contributed by atoms with Crippen molar-refractivity contribution in [1.29, 1.82) is 0 Å². The number of carbonyl (C=O) groups is 1. The molecule has 0 aliphatic carbocycles. The number of amides is 1. The molecule has 1 amide bonds. The van der Waals surface area contributed by atoms with Gasteiger partial charge in [-0.25, -0.2) is 8.42 Å². The summed E-state index contributed by atoms with van der Waals surface area (Å²) in [6.07, 6.45) is -0.0170. The van der Waals surface area contributed by atoms with Gasteiger partial charge in [-0.2, -0.15) is 4.31 Å². The summed E-state index contributed by atoms with van der Waals surface area (Å²) in [5, 5.41) is 2.74. The van der Waals surface area contributed by atoms with E-state index in [1.165, 1.54) is 29.6 Å². The number of aryl methyl sites for hydroxylation is 1. The molecule has 1 saturated heterocycles. The number of para-hydroxylation sites is 1. The van der Waals surface area contributed by atoms with Crippen molar-refractivity contribution in [3.8, 4) is 11.5 Å². The highest BCUT2D eigenvalue weighted by Gasteiger charge is 2.27. The zero-order valence-corrected chi connectivity index (χ0v) is 18.8. The van der Waals surface area contributed by atoms with E-state index in [2.05, 4.69) is 5.32 Å². The smallest absolute Gasteiger partial charge is 0.265 e. The van der Waals surface area contributed by atoms with Crippen molar-refractivity contribution >= 4 is 21.6 Å². The van der Waals surface area contributed by atoms with Gasteiger partial charge in [0.05, 0.1) is 30.9 Å². The number of sulfonamides is 1. The SMILES string of the molecule is CCc1ccccc1O[C@H](C)C(=O)Nc1cc(S(=O)(=O)N2CCOCC2)ccc1OC. The highest BCUT2D eigenvalue weighted by molar-refractivity contribution is 7.89. The molecule has 168 valence electrons. The van der Waals surface area contributed by atoms with Gasteiger partial charge in [-0.1, -0.05) is 25.1 Å². The van der Waals surface area contributed by atoms with Crippen LogP contribution < -0.4 is 14.8 Å². The van der Waals surface area contributed by atoms with Crippen LogP contribution in [0.25, 0.3) is 0 Å². The predicted octanol–water partition coefficient (Wildman–Crippen LogP) is 2.68. The summed E-state index contributed by atoms with van der Waals surface area (Å²) in [7, 11) is -2.25. The summed E-state index contributed by atoms with van der Waals surface area (Å²) in [6.45, 7) is 4.94. The Kier molecular flexibility index (Phi) is 7.53. The summed E-state index contributed by atoms with van der Waals surface area (Å²) in [6, 6.07) is 11.9. The van der Waals surface area contributed by atoms with E-state index in [1.54, 1.807) is 6.92 Å². The van der Waals surface area contributed by atoms with Crippen LogP contribution in [0.4, 0.5) is 5.69 Å². The maximum absolute atomic E-state index is 13.0. The molecule has 31 heavy (non-hydrogen) atoms. The van der Waals surface area contributed by atoms with Gasteiger partial charge in [0.1, 0.15) is 11.5 Å². The first-order valence-electron chi connectivity index (χ1n) is 10.2. The minimum atomic E-state index is -3.71. The van der Waals surface area contributed by atoms with Gasteiger partial charge >= 0.3 is 0 Å². The highest BCUT2D eigenvalue weighted by atomic mass is 32.2. The van der Waals surface area contributed by atoms with E-state index in [9.17, 15) is 13.2 Å². The summed E-state index contributed by atoms with van der Waals surface area (Å²) < 4.78 is 43.7. The molecule has 0 aromatic heterocycles. The molecule has 1 aliphatic heterocycles. The first kappa shape index (κ1) is 23.1. The van der Waals surface area contributed by atoms with Crippen molar-refractivity contribution in [3.63, 3.8) is 0 Å². The molecule has 0 saturated carbocycles. The Morgan fingerprint density at radius 3 is 2.55 bits per heavy atom. The maximum atomic E-state index is 13.0. The lowest BCUT2D eigenvalue weighted by molar-refractivity contribution is -0.122. The normalized spacial score (nSPS) is 15.8. The van der Waals surface area contributed by atoms with Crippen molar-refractivity contribution in [1.82, 2.24) is 4.31 Å². The van der Waals surface area contributed by atoms with Crippen LogP contribution >= 0.6 is 0 Å². The molecular weight excluding hydrogens is 420 g/mol. The summed E-state index contributed by atoms with van der Waals surface area (Å²) >= 11 is 0. The van der Waals surface area contributed by atoms with Crippen molar-refractivity contribution < 1.29 is 27.4 Å². The standard InChI is InChI=1S/C22H28N2O6S/c1-4-17-7-5-6-8-20(17)30-16(2)22(25)23-19-15-18(9-10-21(19)28-3)31(26,27)24-11-13-29-14-12-24/h5-10,15-16H,4,11-14H2,1-3H3,(H,23,25)/t16-/m1/s1. The third-order valence-corrected chi connectivity index (χ3v) is 6.96. The number of benzene rings is 2. The third-order valence-electron chi connectivity index (χ3n) is 5.06. The van der Waals surface area contributed by atoms with Crippen LogP contribution in [0.2, 0.25) is 0 Å². The minimum absolute atomic E-state index is 0.0791. The van der Waals surface area contributed by atoms with Gasteiger partial charge in [0.2, 0.25) is 10.0 Å². The van der Waals surface area contributed by atoms with Gasteiger partial charge < -0.3 is 19.5 Å². The number of hydrogen-bond acceptors (Lipinski definition) is 6. The Morgan fingerprint density at radius 2 is 1.87 bits per heavy atom. The monoisotopic (exact) mass is 448 g/mol. The molecule has 1 aliphatic rings. The minimum Gasteiger partial charge on any atom is -0.495 e. The molecule has 1 heterocycles. The molecule has 1 atom stereocenters. The van der Waals surface area contributed by atoms with E-state index in [1.807, 2.05) is 31.2 Å². The molecular formula is C22H28N2O6S. The first-order chi connectivity index (χ1) is 14.9. The van der Waals surface area contributed by atoms with E-state index in [4.69, 9.17) is 14.2 Å². The number of nitrogens with zero attached hydrogens (tertiary/aromatic N) is 1. The predicted molar refractivity (Wildman–Crippen MR) is 117 cm³/mol. The topological polar surface area (TPSA) is 94.2 Å². The second-order valence-electron chi connectivity index (χ2n) is 7.09. The van der Waals surface area contributed by atoms with Gasteiger partial charge in [-0.3, -0.25) is 4.79 Å². The highest BCUT2D eigenvalue weighted by Crippen LogP contribution is 2.30. The Morgan fingerprint density at radius 1 is 1.16 bits per heavy atom. The van der Waals surface area contributed by atoms with E-state index in [-0.39, 0.29) is 23.7 Å². The lowest BCUT2D eigenvalue weighted by Gasteiger charge is -2.26. The molecule has 0 radical (unpaired) electrons. The summed E-state index contributed by atoms with van der Waals surface area (Å²) in [5.41, 5.74) is 1.26. The maximum Gasteiger partial charge on any atom is 0.265 e. The van der Waals surface area contributed by atoms with Crippen molar-refractivity contribution in [2.45, 2.75) is 31.3 Å². The Bertz CT molecular complexity index is 1020. The van der Waals surface area contributed by atoms with Crippen LogP contribution in [-0.4, -0.2) is 58.1 Å². The molecule has 1 fully saturated rings. The van der Waals surface area contributed by atoms with Crippen LogP contribution in [0.1, 0.15) is 19.4 Å². The first-order valence-corrected chi connectivity index (χ1v) is 11.6. The third kappa shape index (κ3) is 5.36. The quantitative estimate of drug-likeness (QED) is 0.667. The lowest BCUT2D eigenvalue weighted by atomic mass is 10.1. The molecule has 9 heteroatoms. The fourth-order valence-electron chi connectivity index (χ4n) is 3.27. The molecule has 0 unspecified atom stereocenters. The fraction of sp³-hybridized carbons (Fsp3) is 0.409. The molecule has 8 nitrogen and oxygen atoms in total. The summed E-state index contributed by atoms with van der Waals surface area (Å²) in [5.74, 6) is 0.587. The van der Waals surface area contributed by atoms with E-state index in [0.717, 1.165) is 12.0 Å². The number of ether oxygens (including phenoxy) is 3. The molecule has 1 N–H and O–H groups in total. The van der Waals surface area contributed by atoms with Crippen molar-refractivity contribution in [2.75, 3.05) is 38.7 Å². The fourth-order valence-corrected chi connectivity index (χ4v) is 4.71. The lowest BCUT2D eigenvalue weighted by Crippen LogP contribution is -2.40. The van der Waals surface area contributed by atoms with Gasteiger partial charge in [-0.05, 0) is 43.2 Å². The Labute approximate surface area is 183 Å². The Hall–Kier alpha value is -2.62. The number of rotatable bonds is 8. The van der Waals surface area contributed by atoms with E-state index in [0.29, 0.717) is 24.7 Å². The molecule has 2 aromatic rings. The number of hydrogen-bond donors (Lipinski definition) is 1. The van der Waals surface area contributed by atoms with Gasteiger partial charge in [0, 0.05) is 13.1 Å². The number of nitrogens with one attached hydrogen (secondary N) is 1. The average Bonchev–Trinajstić information content (AvgIpc) is 2.79. The van der Waals surface area contributed by atoms with Crippen LogP contribution in [0, 0.1) is 0 Å². The van der Waals surface area contributed by atoms with Crippen LogP contribution in [0.5, 0.6) is 11.5 Å². The molecule has 0 spiro atoms.